The SMILES string of the molecule is C=C1/C=C\C=C/N(C2=CCC(C)C=C2)/C=C\c2c(oc3ccc(C(/C=C\CCC)=C/C(=C)C(=C)/C=C(\C=C/C)n4c5ccccc5c5ccccc54)cc23)C1=C. The Kier molecular flexibility index (Phi) is 11.3. The third-order valence-corrected chi connectivity index (χ3v) is 10.4. The van der Waals surface area contributed by atoms with Crippen molar-refractivity contribution in [3.05, 3.63) is 218 Å². The van der Waals surface area contributed by atoms with Gasteiger partial charge in [0.25, 0.3) is 0 Å². The van der Waals surface area contributed by atoms with Gasteiger partial charge in [-0.15, -0.1) is 0 Å². The Bertz CT molecular complexity index is 2610. The number of unbranched alkanes of at least 4 members (excludes halogenated alkanes) is 1. The molecule has 3 nitrogen and oxygen atoms in total. The number of allylic oxidation sites excluding steroid dienone is 18. The third kappa shape index (κ3) is 7.80. The molecule has 0 fully saturated rings. The van der Waals surface area contributed by atoms with E-state index in [4.69, 9.17) is 4.42 Å². The number of rotatable bonds is 10. The standard InChI is InChI=1S/C53H50N2O/c1-8-10-11-20-42(34-39(5)40(6)35-45(18-9-2)55-50-23-14-12-21-46(50)47-22-13-15-24-51(47)55)43-27-30-52-49(36-43)48-31-33-54(44-28-25-37(3)26-29-44)32-17-16-19-38(4)41(7)53(48)56-52/h9,11-25,27-37H,4-8,10,26H2,1-3H3/b18-9-,19-16-,20-11-,32-17-,33-31-,42-34+,45-35+. The summed E-state index contributed by atoms with van der Waals surface area (Å²) in [6.07, 6.45) is 35.0. The molecule has 7 rings (SSSR count). The van der Waals surface area contributed by atoms with Crippen LogP contribution in [0.25, 0.3) is 55.7 Å². The van der Waals surface area contributed by atoms with E-state index in [2.05, 4.69) is 190 Å². The summed E-state index contributed by atoms with van der Waals surface area (Å²) in [5, 5.41) is 3.44. The van der Waals surface area contributed by atoms with E-state index >= 15 is 0 Å². The number of fused-ring (bicyclic) bond motifs is 6. The Morgan fingerprint density at radius 2 is 1.57 bits per heavy atom. The first-order chi connectivity index (χ1) is 27.3. The summed E-state index contributed by atoms with van der Waals surface area (Å²) >= 11 is 0. The number of aromatic nitrogens is 1. The lowest BCUT2D eigenvalue weighted by Crippen LogP contribution is -2.10. The molecule has 0 bridgehead atoms. The van der Waals surface area contributed by atoms with Gasteiger partial charge in [0, 0.05) is 51.1 Å². The summed E-state index contributed by atoms with van der Waals surface area (Å²) in [6.45, 7) is 24.3. The Labute approximate surface area is 332 Å². The summed E-state index contributed by atoms with van der Waals surface area (Å²) in [7, 11) is 0. The Morgan fingerprint density at radius 3 is 2.27 bits per heavy atom. The molecule has 0 spiro atoms. The predicted octanol–water partition coefficient (Wildman–Crippen LogP) is 14.9. The maximum atomic E-state index is 6.56. The zero-order valence-corrected chi connectivity index (χ0v) is 32.8. The summed E-state index contributed by atoms with van der Waals surface area (Å²) in [4.78, 5) is 2.15. The lowest BCUT2D eigenvalue weighted by molar-refractivity contribution is 0.599. The maximum Gasteiger partial charge on any atom is 0.142 e. The molecule has 5 aromatic rings. The van der Waals surface area contributed by atoms with Gasteiger partial charge in [-0.3, -0.25) is 0 Å². The molecule has 0 radical (unpaired) electrons. The molecule has 1 aliphatic carbocycles. The van der Waals surface area contributed by atoms with Gasteiger partial charge in [0.1, 0.15) is 11.3 Å². The van der Waals surface area contributed by atoms with Crippen LogP contribution in [-0.4, -0.2) is 9.47 Å². The highest BCUT2D eigenvalue weighted by molar-refractivity contribution is 6.10. The monoisotopic (exact) mass is 730 g/mol. The summed E-state index contributed by atoms with van der Waals surface area (Å²) in [5.74, 6) is 1.24. The van der Waals surface area contributed by atoms with Crippen molar-refractivity contribution in [3.8, 4) is 0 Å². The van der Waals surface area contributed by atoms with Gasteiger partial charge in [-0.25, -0.2) is 0 Å². The van der Waals surface area contributed by atoms with Crippen molar-refractivity contribution in [1.82, 2.24) is 9.47 Å². The van der Waals surface area contributed by atoms with Gasteiger partial charge in [0.15, 0.2) is 0 Å². The Hall–Kier alpha value is -6.58. The van der Waals surface area contributed by atoms with Crippen molar-refractivity contribution in [2.45, 2.75) is 40.0 Å². The van der Waals surface area contributed by atoms with E-state index in [1.54, 1.807) is 0 Å². The number of furan rings is 1. The van der Waals surface area contributed by atoms with Gasteiger partial charge in [-0.2, -0.15) is 0 Å². The van der Waals surface area contributed by atoms with Crippen LogP contribution in [0.4, 0.5) is 0 Å². The largest absolute Gasteiger partial charge is 0.455 e. The van der Waals surface area contributed by atoms with Crippen molar-refractivity contribution < 1.29 is 4.42 Å². The topological polar surface area (TPSA) is 21.3 Å². The average molecular weight is 731 g/mol. The number of hydrogen-bond acceptors (Lipinski definition) is 2. The maximum absolute atomic E-state index is 6.56. The zero-order chi connectivity index (χ0) is 39.2. The Balaban J connectivity index is 1.30. The number of benzene rings is 3. The second-order valence-electron chi connectivity index (χ2n) is 14.5. The van der Waals surface area contributed by atoms with Crippen molar-refractivity contribution >= 4 is 55.7 Å². The average Bonchev–Trinajstić information content (AvgIpc) is 3.74. The molecular weight excluding hydrogens is 681 g/mol. The van der Waals surface area contributed by atoms with E-state index in [1.165, 1.54) is 10.8 Å². The van der Waals surface area contributed by atoms with Crippen molar-refractivity contribution in [2.24, 2.45) is 5.92 Å². The minimum Gasteiger partial charge on any atom is -0.455 e. The predicted molar refractivity (Wildman–Crippen MR) is 243 cm³/mol. The molecule has 56 heavy (non-hydrogen) atoms. The van der Waals surface area contributed by atoms with Gasteiger partial charge < -0.3 is 13.9 Å². The normalized spacial score (nSPS) is 18.5. The van der Waals surface area contributed by atoms with Crippen LogP contribution in [0, 0.1) is 5.92 Å². The fourth-order valence-electron chi connectivity index (χ4n) is 7.25. The number of nitrogens with zero attached hydrogens (tertiary/aromatic N) is 2. The fraction of sp³-hybridized carbons (Fsp3) is 0.132. The highest BCUT2D eigenvalue weighted by Gasteiger charge is 2.19. The van der Waals surface area contributed by atoms with Gasteiger partial charge >= 0.3 is 0 Å². The van der Waals surface area contributed by atoms with Crippen molar-refractivity contribution in [3.63, 3.8) is 0 Å². The smallest absolute Gasteiger partial charge is 0.142 e. The summed E-state index contributed by atoms with van der Waals surface area (Å²) in [5.41, 5.74) is 11.5. The molecule has 0 N–H and O–H groups in total. The van der Waals surface area contributed by atoms with E-state index < -0.39 is 0 Å². The molecule has 0 amide bonds. The lowest BCUT2D eigenvalue weighted by Gasteiger charge is -2.21. The van der Waals surface area contributed by atoms with E-state index in [-0.39, 0.29) is 0 Å². The van der Waals surface area contributed by atoms with Gasteiger partial charge in [0.05, 0.1) is 11.0 Å². The van der Waals surface area contributed by atoms with Gasteiger partial charge in [0.2, 0.25) is 0 Å². The van der Waals surface area contributed by atoms with E-state index in [0.717, 1.165) is 91.7 Å². The molecule has 3 aromatic carbocycles. The third-order valence-electron chi connectivity index (χ3n) is 10.4. The summed E-state index contributed by atoms with van der Waals surface area (Å²) in [6, 6.07) is 23.5. The minimum atomic E-state index is 0.526. The molecule has 0 saturated heterocycles. The number of para-hydroxylation sites is 2. The van der Waals surface area contributed by atoms with Crippen LogP contribution in [-0.2, 0) is 0 Å². The molecule has 1 unspecified atom stereocenters. The van der Waals surface area contributed by atoms with Crippen LogP contribution in [0.15, 0.2) is 205 Å². The van der Waals surface area contributed by atoms with E-state index in [1.807, 2.05) is 25.2 Å². The lowest BCUT2D eigenvalue weighted by atomic mass is 9.96. The van der Waals surface area contributed by atoms with Gasteiger partial charge in [-0.05, 0) is 114 Å². The van der Waals surface area contributed by atoms with Crippen LogP contribution in [0.5, 0.6) is 0 Å². The van der Waals surface area contributed by atoms with Crippen LogP contribution in [0.3, 0.4) is 0 Å². The van der Waals surface area contributed by atoms with Crippen LogP contribution in [0.1, 0.15) is 56.9 Å². The molecule has 2 aliphatic rings. The molecule has 278 valence electrons. The first-order valence-electron chi connectivity index (χ1n) is 19.5. The second-order valence-corrected chi connectivity index (χ2v) is 14.5. The highest BCUT2D eigenvalue weighted by atomic mass is 16.3. The van der Waals surface area contributed by atoms with Crippen LogP contribution in [0.2, 0.25) is 0 Å². The van der Waals surface area contributed by atoms with Crippen molar-refractivity contribution in [2.75, 3.05) is 0 Å². The molecule has 3 heteroatoms. The summed E-state index contributed by atoms with van der Waals surface area (Å²) < 4.78 is 8.87. The molecule has 3 heterocycles. The molecule has 1 atom stereocenters. The molecule has 0 saturated carbocycles. The van der Waals surface area contributed by atoms with Gasteiger partial charge in [-0.1, -0.05) is 132 Å². The van der Waals surface area contributed by atoms with E-state index in [9.17, 15) is 0 Å². The first-order valence-corrected chi connectivity index (χ1v) is 19.5. The second kappa shape index (κ2) is 16.8. The minimum absolute atomic E-state index is 0.526. The molecular formula is C53H50N2O. The number of hydrogen-bond donors (Lipinski definition) is 0. The molecule has 2 aromatic heterocycles. The van der Waals surface area contributed by atoms with Crippen molar-refractivity contribution in [1.29, 1.82) is 0 Å². The zero-order valence-electron chi connectivity index (χ0n) is 32.8. The Morgan fingerprint density at radius 1 is 0.839 bits per heavy atom. The highest BCUT2D eigenvalue weighted by Crippen LogP contribution is 2.38. The van der Waals surface area contributed by atoms with Crippen LogP contribution < -0.4 is 0 Å². The fourth-order valence-corrected chi connectivity index (χ4v) is 7.25. The quantitative estimate of drug-likeness (QED) is 0.133. The van der Waals surface area contributed by atoms with Crippen LogP contribution >= 0.6 is 0 Å². The van der Waals surface area contributed by atoms with E-state index in [0.29, 0.717) is 11.7 Å². The first kappa shape index (κ1) is 37.7. The molecule has 1 aliphatic heterocycles.